The molecule has 162 valence electrons. The van der Waals surface area contributed by atoms with Crippen LogP contribution in [0.25, 0.3) is 0 Å². The second kappa shape index (κ2) is 9.42. The molecule has 1 saturated heterocycles. The molecule has 1 amide bonds. The number of para-hydroxylation sites is 1. The number of anilines is 1. The van der Waals surface area contributed by atoms with Gasteiger partial charge in [0.05, 0.1) is 19.4 Å². The average Bonchev–Trinajstić information content (AvgIpc) is 3.32. The predicted molar refractivity (Wildman–Crippen MR) is 116 cm³/mol. The molecule has 0 spiro atoms. The normalized spacial score (nSPS) is 15.6. The van der Waals surface area contributed by atoms with E-state index >= 15 is 0 Å². The molecule has 1 fully saturated rings. The van der Waals surface area contributed by atoms with E-state index in [2.05, 4.69) is 4.98 Å². The molecule has 0 saturated carbocycles. The van der Waals surface area contributed by atoms with E-state index in [-0.39, 0.29) is 17.3 Å². The van der Waals surface area contributed by atoms with Crippen LogP contribution in [0.3, 0.4) is 0 Å². The number of carbonyl (C=O) groups is 1. The Bertz CT molecular complexity index is 1080. The largest absolute Gasteiger partial charge is 0.467 e. The standard InChI is InChI=1S/C22H24N4O4S/c27-22(26(17-20-8-5-15-30-20)19-6-2-1-3-7-19)18-24-11-13-25(14-12-24)31(28,29)21-9-4-10-23-16-21/h1-10,15-16H,11-14,17-18H2. The summed E-state index contributed by atoms with van der Waals surface area (Å²) in [7, 11) is -3.57. The van der Waals surface area contributed by atoms with E-state index in [1.807, 2.05) is 41.3 Å². The van der Waals surface area contributed by atoms with E-state index in [0.29, 0.717) is 38.5 Å². The number of nitrogens with zero attached hydrogens (tertiary/aromatic N) is 4. The summed E-state index contributed by atoms with van der Waals surface area (Å²) in [6.45, 7) is 2.16. The molecule has 9 heteroatoms. The van der Waals surface area contributed by atoms with Gasteiger partial charge in [-0.1, -0.05) is 18.2 Å². The number of pyridine rings is 1. The molecule has 0 radical (unpaired) electrons. The highest BCUT2D eigenvalue weighted by Gasteiger charge is 2.30. The smallest absolute Gasteiger partial charge is 0.244 e. The van der Waals surface area contributed by atoms with Crippen molar-refractivity contribution in [2.24, 2.45) is 0 Å². The first-order chi connectivity index (χ1) is 15.0. The van der Waals surface area contributed by atoms with Crippen LogP contribution < -0.4 is 4.90 Å². The summed E-state index contributed by atoms with van der Waals surface area (Å²) in [5.74, 6) is 0.635. The zero-order valence-electron chi connectivity index (χ0n) is 17.0. The third-order valence-electron chi connectivity index (χ3n) is 5.23. The Kier molecular flexibility index (Phi) is 6.45. The van der Waals surface area contributed by atoms with Gasteiger partial charge in [0.25, 0.3) is 0 Å². The predicted octanol–water partition coefficient (Wildman–Crippen LogP) is 2.21. The molecular formula is C22H24N4O4S. The van der Waals surface area contributed by atoms with E-state index in [0.717, 1.165) is 5.69 Å². The van der Waals surface area contributed by atoms with Gasteiger partial charge in [0.2, 0.25) is 15.9 Å². The van der Waals surface area contributed by atoms with Crippen LogP contribution in [-0.2, 0) is 21.4 Å². The number of rotatable bonds is 7. The minimum Gasteiger partial charge on any atom is -0.467 e. The van der Waals surface area contributed by atoms with Gasteiger partial charge in [0.15, 0.2) is 0 Å². The topological polar surface area (TPSA) is 87.0 Å². The minimum absolute atomic E-state index is 0.0637. The third kappa shape index (κ3) is 5.01. The van der Waals surface area contributed by atoms with Crippen molar-refractivity contribution < 1.29 is 17.6 Å². The van der Waals surface area contributed by atoms with Crippen molar-refractivity contribution in [1.29, 1.82) is 0 Å². The Morgan fingerprint density at radius 3 is 2.42 bits per heavy atom. The number of hydrogen-bond donors (Lipinski definition) is 0. The highest BCUT2D eigenvalue weighted by molar-refractivity contribution is 7.89. The molecule has 31 heavy (non-hydrogen) atoms. The number of sulfonamides is 1. The maximum absolute atomic E-state index is 13.1. The van der Waals surface area contributed by atoms with E-state index < -0.39 is 10.0 Å². The van der Waals surface area contributed by atoms with Gasteiger partial charge in [-0.25, -0.2) is 8.42 Å². The van der Waals surface area contributed by atoms with Crippen LogP contribution in [-0.4, -0.2) is 61.2 Å². The lowest BCUT2D eigenvalue weighted by Gasteiger charge is -2.34. The van der Waals surface area contributed by atoms with Gasteiger partial charge < -0.3 is 9.32 Å². The summed E-state index contributed by atoms with van der Waals surface area (Å²) >= 11 is 0. The van der Waals surface area contributed by atoms with Crippen molar-refractivity contribution in [3.05, 3.63) is 79.0 Å². The lowest BCUT2D eigenvalue weighted by atomic mass is 10.2. The number of benzene rings is 1. The Morgan fingerprint density at radius 1 is 1.00 bits per heavy atom. The van der Waals surface area contributed by atoms with Gasteiger partial charge in [-0.15, -0.1) is 0 Å². The zero-order valence-corrected chi connectivity index (χ0v) is 17.8. The monoisotopic (exact) mass is 440 g/mol. The van der Waals surface area contributed by atoms with Crippen molar-refractivity contribution in [1.82, 2.24) is 14.2 Å². The van der Waals surface area contributed by atoms with Crippen molar-refractivity contribution in [2.75, 3.05) is 37.6 Å². The first kappa shape index (κ1) is 21.2. The third-order valence-corrected chi connectivity index (χ3v) is 7.11. The van der Waals surface area contributed by atoms with Crippen LogP contribution in [0.5, 0.6) is 0 Å². The van der Waals surface area contributed by atoms with E-state index in [1.165, 1.54) is 10.5 Å². The number of amides is 1. The van der Waals surface area contributed by atoms with Crippen LogP contribution in [0, 0.1) is 0 Å². The summed E-state index contributed by atoms with van der Waals surface area (Å²) in [5.41, 5.74) is 0.793. The Balaban J connectivity index is 1.40. The first-order valence-electron chi connectivity index (χ1n) is 10.0. The molecule has 3 heterocycles. The van der Waals surface area contributed by atoms with Gasteiger partial charge in [0, 0.05) is 44.3 Å². The molecule has 0 atom stereocenters. The van der Waals surface area contributed by atoms with Crippen LogP contribution in [0.15, 0.2) is 82.6 Å². The van der Waals surface area contributed by atoms with Crippen molar-refractivity contribution in [3.8, 4) is 0 Å². The lowest BCUT2D eigenvalue weighted by Crippen LogP contribution is -2.51. The molecule has 0 unspecified atom stereocenters. The molecule has 0 aliphatic carbocycles. The molecular weight excluding hydrogens is 416 g/mol. The first-order valence-corrected chi connectivity index (χ1v) is 11.5. The minimum atomic E-state index is -3.57. The van der Waals surface area contributed by atoms with Crippen molar-refractivity contribution in [3.63, 3.8) is 0 Å². The van der Waals surface area contributed by atoms with Gasteiger partial charge in [0.1, 0.15) is 10.7 Å². The second-order valence-electron chi connectivity index (χ2n) is 7.26. The molecule has 4 rings (SSSR count). The fourth-order valence-corrected chi connectivity index (χ4v) is 4.93. The molecule has 2 aromatic heterocycles. The summed E-state index contributed by atoms with van der Waals surface area (Å²) in [4.78, 5) is 20.9. The van der Waals surface area contributed by atoms with Gasteiger partial charge in [-0.2, -0.15) is 4.31 Å². The fraction of sp³-hybridized carbons (Fsp3) is 0.273. The van der Waals surface area contributed by atoms with Crippen LogP contribution in [0.2, 0.25) is 0 Å². The zero-order chi connectivity index (χ0) is 21.7. The maximum Gasteiger partial charge on any atom is 0.244 e. The van der Waals surface area contributed by atoms with Crippen molar-refractivity contribution in [2.45, 2.75) is 11.4 Å². The second-order valence-corrected chi connectivity index (χ2v) is 9.20. The quantitative estimate of drug-likeness (QED) is 0.560. The molecule has 3 aromatic rings. The van der Waals surface area contributed by atoms with E-state index in [1.54, 1.807) is 35.6 Å². The summed E-state index contributed by atoms with van der Waals surface area (Å²) in [6.07, 6.45) is 4.49. The number of hydrogen-bond acceptors (Lipinski definition) is 6. The molecule has 0 N–H and O–H groups in total. The van der Waals surface area contributed by atoms with Gasteiger partial charge in [-0.05, 0) is 36.4 Å². The molecule has 1 aliphatic rings. The summed E-state index contributed by atoms with van der Waals surface area (Å²) < 4.78 is 32.4. The van der Waals surface area contributed by atoms with Crippen LogP contribution in [0.4, 0.5) is 5.69 Å². The molecule has 1 aliphatic heterocycles. The van der Waals surface area contributed by atoms with Crippen LogP contribution in [0.1, 0.15) is 5.76 Å². The average molecular weight is 441 g/mol. The molecule has 0 bridgehead atoms. The number of aromatic nitrogens is 1. The number of piperazine rings is 1. The Hall–Kier alpha value is -3.01. The van der Waals surface area contributed by atoms with E-state index in [9.17, 15) is 13.2 Å². The van der Waals surface area contributed by atoms with E-state index in [4.69, 9.17) is 4.42 Å². The Labute approximate surface area is 181 Å². The number of furan rings is 1. The lowest BCUT2D eigenvalue weighted by molar-refractivity contribution is -0.120. The maximum atomic E-state index is 13.1. The summed E-state index contributed by atoms with van der Waals surface area (Å²) in [6, 6.07) is 16.2. The fourth-order valence-electron chi connectivity index (χ4n) is 3.54. The highest BCUT2D eigenvalue weighted by atomic mass is 32.2. The van der Waals surface area contributed by atoms with Crippen LogP contribution >= 0.6 is 0 Å². The van der Waals surface area contributed by atoms with Gasteiger partial charge >= 0.3 is 0 Å². The summed E-state index contributed by atoms with van der Waals surface area (Å²) in [5, 5.41) is 0. The molecule has 1 aromatic carbocycles. The number of carbonyl (C=O) groups excluding carboxylic acids is 1. The van der Waals surface area contributed by atoms with Crippen molar-refractivity contribution >= 4 is 21.6 Å². The SMILES string of the molecule is O=C(CN1CCN(S(=O)(=O)c2cccnc2)CC1)N(Cc1ccco1)c1ccccc1. The Morgan fingerprint density at radius 2 is 1.77 bits per heavy atom. The van der Waals surface area contributed by atoms with Gasteiger partial charge in [-0.3, -0.25) is 14.7 Å². The highest BCUT2D eigenvalue weighted by Crippen LogP contribution is 2.19. The molecule has 8 nitrogen and oxygen atoms in total.